The van der Waals surface area contributed by atoms with Crippen molar-refractivity contribution in [1.29, 1.82) is 0 Å². The highest BCUT2D eigenvalue weighted by Gasteiger charge is 2.18. The van der Waals surface area contributed by atoms with Gasteiger partial charge in [-0.25, -0.2) is 4.79 Å². The molecule has 1 aromatic carbocycles. The van der Waals surface area contributed by atoms with Gasteiger partial charge in [0.15, 0.2) is 0 Å². The molecule has 0 radical (unpaired) electrons. The monoisotopic (exact) mass is 236 g/mol. The molecule has 0 aliphatic heterocycles. The van der Waals surface area contributed by atoms with Gasteiger partial charge in [0.1, 0.15) is 11.3 Å². The van der Waals surface area contributed by atoms with E-state index in [0.717, 1.165) is 5.56 Å². The molecule has 0 amide bonds. The molecule has 1 rings (SSSR count). The van der Waals surface area contributed by atoms with Crippen molar-refractivity contribution in [3.05, 3.63) is 29.3 Å². The van der Waals surface area contributed by atoms with Gasteiger partial charge in [-0.2, -0.15) is 0 Å². The fourth-order valence-electron chi connectivity index (χ4n) is 1.39. The molecule has 0 unspecified atom stereocenters. The van der Waals surface area contributed by atoms with Crippen molar-refractivity contribution < 1.29 is 19.1 Å². The lowest BCUT2D eigenvalue weighted by molar-refractivity contribution is -0.134. The van der Waals surface area contributed by atoms with Crippen LogP contribution in [0.5, 0.6) is 5.75 Å². The normalized spacial score (nSPS) is 9.82. The molecule has 0 aliphatic rings. The molecule has 1 aromatic rings. The number of carbonyl (C=O) groups is 2. The first-order valence-electron chi connectivity index (χ1n) is 5.57. The van der Waals surface area contributed by atoms with Crippen LogP contribution in [-0.4, -0.2) is 18.5 Å². The lowest BCUT2D eigenvalue weighted by Crippen LogP contribution is -2.13. The van der Waals surface area contributed by atoms with Gasteiger partial charge in [0, 0.05) is 6.42 Å². The third-order valence-electron chi connectivity index (χ3n) is 2.23. The van der Waals surface area contributed by atoms with Crippen LogP contribution >= 0.6 is 0 Å². The van der Waals surface area contributed by atoms with Crippen LogP contribution in [0, 0.1) is 6.92 Å². The van der Waals surface area contributed by atoms with Gasteiger partial charge in [0.25, 0.3) is 0 Å². The van der Waals surface area contributed by atoms with Crippen LogP contribution in [-0.2, 0) is 9.53 Å². The van der Waals surface area contributed by atoms with Crippen LogP contribution in [0.2, 0.25) is 0 Å². The van der Waals surface area contributed by atoms with E-state index in [4.69, 9.17) is 9.47 Å². The number of hydrogen-bond donors (Lipinski definition) is 0. The second kappa shape index (κ2) is 6.03. The molecular formula is C13H16O4. The van der Waals surface area contributed by atoms with E-state index >= 15 is 0 Å². The summed E-state index contributed by atoms with van der Waals surface area (Å²) in [5.41, 5.74) is 1.04. The molecule has 0 atom stereocenters. The Bertz CT molecular complexity index is 423. The molecule has 17 heavy (non-hydrogen) atoms. The van der Waals surface area contributed by atoms with Crippen molar-refractivity contribution in [2.75, 3.05) is 6.61 Å². The van der Waals surface area contributed by atoms with E-state index in [1.807, 2.05) is 0 Å². The average molecular weight is 236 g/mol. The summed E-state index contributed by atoms with van der Waals surface area (Å²) in [4.78, 5) is 23.0. The zero-order valence-electron chi connectivity index (χ0n) is 10.3. The lowest BCUT2D eigenvalue weighted by Gasteiger charge is -2.11. The lowest BCUT2D eigenvalue weighted by atomic mass is 10.1. The van der Waals surface area contributed by atoms with Crippen molar-refractivity contribution in [3.8, 4) is 5.75 Å². The molecule has 0 saturated heterocycles. The summed E-state index contributed by atoms with van der Waals surface area (Å²) in [6, 6.07) is 5.10. The molecular weight excluding hydrogens is 220 g/mol. The van der Waals surface area contributed by atoms with Gasteiger partial charge in [0.05, 0.1) is 6.61 Å². The molecule has 0 aliphatic carbocycles. The summed E-state index contributed by atoms with van der Waals surface area (Å²) in [5, 5.41) is 0. The molecule has 0 fully saturated rings. The van der Waals surface area contributed by atoms with Gasteiger partial charge >= 0.3 is 11.9 Å². The quantitative estimate of drug-likeness (QED) is 0.595. The maximum atomic E-state index is 11.7. The summed E-state index contributed by atoms with van der Waals surface area (Å²) >= 11 is 0. The standard InChI is InChI=1S/C13H16O4/c1-4-11(14)17-10-8-6-7-9(3)12(10)13(15)16-5-2/h6-8H,4-5H2,1-3H3. The fraction of sp³-hybridized carbons (Fsp3) is 0.385. The van der Waals surface area contributed by atoms with E-state index in [-0.39, 0.29) is 24.7 Å². The molecule has 92 valence electrons. The van der Waals surface area contributed by atoms with Gasteiger partial charge in [-0.1, -0.05) is 19.1 Å². The van der Waals surface area contributed by atoms with Crippen LogP contribution < -0.4 is 4.74 Å². The van der Waals surface area contributed by atoms with Gasteiger partial charge in [-0.3, -0.25) is 4.79 Å². The first-order valence-corrected chi connectivity index (χ1v) is 5.57. The molecule has 4 nitrogen and oxygen atoms in total. The Balaban J connectivity index is 3.08. The SMILES string of the molecule is CCOC(=O)c1c(C)cccc1OC(=O)CC. The Morgan fingerprint density at radius 2 is 1.94 bits per heavy atom. The Morgan fingerprint density at radius 1 is 1.24 bits per heavy atom. The molecule has 0 aromatic heterocycles. The minimum absolute atomic E-state index is 0.260. The number of esters is 2. The third-order valence-corrected chi connectivity index (χ3v) is 2.23. The molecule has 0 spiro atoms. The number of carbonyl (C=O) groups excluding carboxylic acids is 2. The molecule has 0 saturated carbocycles. The summed E-state index contributed by atoms with van der Waals surface area (Å²) in [6.45, 7) is 5.49. The Morgan fingerprint density at radius 3 is 2.53 bits per heavy atom. The third kappa shape index (κ3) is 3.31. The highest BCUT2D eigenvalue weighted by atomic mass is 16.5. The van der Waals surface area contributed by atoms with Crippen molar-refractivity contribution in [3.63, 3.8) is 0 Å². The predicted molar refractivity (Wildman–Crippen MR) is 63.1 cm³/mol. The maximum Gasteiger partial charge on any atom is 0.342 e. The van der Waals surface area contributed by atoms with E-state index in [2.05, 4.69) is 0 Å². The molecule has 4 heteroatoms. The Labute approximate surface area is 101 Å². The average Bonchev–Trinajstić information content (AvgIpc) is 2.29. The number of benzene rings is 1. The van der Waals surface area contributed by atoms with Crippen molar-refractivity contribution >= 4 is 11.9 Å². The van der Waals surface area contributed by atoms with E-state index in [1.54, 1.807) is 39.0 Å². The van der Waals surface area contributed by atoms with Crippen LogP contribution in [0.3, 0.4) is 0 Å². The van der Waals surface area contributed by atoms with Crippen LogP contribution in [0.1, 0.15) is 36.2 Å². The summed E-state index contributed by atoms with van der Waals surface area (Å²) < 4.78 is 10.0. The smallest absolute Gasteiger partial charge is 0.342 e. The van der Waals surface area contributed by atoms with Gasteiger partial charge < -0.3 is 9.47 Å². The van der Waals surface area contributed by atoms with Gasteiger partial charge in [-0.15, -0.1) is 0 Å². The second-order valence-electron chi connectivity index (χ2n) is 3.50. The van der Waals surface area contributed by atoms with Crippen LogP contribution in [0.15, 0.2) is 18.2 Å². The van der Waals surface area contributed by atoms with E-state index < -0.39 is 5.97 Å². The van der Waals surface area contributed by atoms with Crippen LogP contribution in [0.4, 0.5) is 0 Å². The second-order valence-corrected chi connectivity index (χ2v) is 3.50. The largest absolute Gasteiger partial charge is 0.462 e. The molecule has 0 heterocycles. The Hall–Kier alpha value is -1.84. The molecule has 0 bridgehead atoms. The van der Waals surface area contributed by atoms with E-state index in [1.165, 1.54) is 0 Å². The van der Waals surface area contributed by atoms with Crippen molar-refractivity contribution in [2.24, 2.45) is 0 Å². The highest BCUT2D eigenvalue weighted by molar-refractivity contribution is 5.95. The topological polar surface area (TPSA) is 52.6 Å². The zero-order chi connectivity index (χ0) is 12.8. The van der Waals surface area contributed by atoms with Gasteiger partial charge in [0.2, 0.25) is 0 Å². The van der Waals surface area contributed by atoms with E-state index in [9.17, 15) is 9.59 Å². The number of aryl methyl sites for hydroxylation is 1. The first-order chi connectivity index (χ1) is 8.10. The first kappa shape index (κ1) is 13.2. The minimum Gasteiger partial charge on any atom is -0.462 e. The van der Waals surface area contributed by atoms with E-state index in [0.29, 0.717) is 5.56 Å². The summed E-state index contributed by atoms with van der Waals surface area (Å²) in [7, 11) is 0. The number of hydrogen-bond acceptors (Lipinski definition) is 4. The highest BCUT2D eigenvalue weighted by Crippen LogP contribution is 2.23. The minimum atomic E-state index is -0.468. The summed E-state index contributed by atoms with van der Waals surface area (Å²) in [6.07, 6.45) is 0.260. The maximum absolute atomic E-state index is 11.7. The number of ether oxygens (including phenoxy) is 2. The van der Waals surface area contributed by atoms with Crippen LogP contribution in [0.25, 0.3) is 0 Å². The fourth-order valence-corrected chi connectivity index (χ4v) is 1.39. The number of rotatable bonds is 4. The molecule has 0 N–H and O–H groups in total. The summed E-state index contributed by atoms with van der Waals surface area (Å²) in [5.74, 6) is -0.582. The van der Waals surface area contributed by atoms with Crippen molar-refractivity contribution in [1.82, 2.24) is 0 Å². The predicted octanol–water partition coefficient (Wildman–Crippen LogP) is 2.49. The Kier molecular flexibility index (Phi) is 4.69. The van der Waals surface area contributed by atoms with Crippen molar-refractivity contribution in [2.45, 2.75) is 27.2 Å². The zero-order valence-corrected chi connectivity index (χ0v) is 10.3. The van der Waals surface area contributed by atoms with Gasteiger partial charge in [-0.05, 0) is 25.5 Å².